The Labute approximate surface area is 194 Å². The number of nitrogens with zero attached hydrogens (tertiary/aromatic N) is 4. The van der Waals surface area contributed by atoms with Crippen molar-refractivity contribution in [2.45, 2.75) is 58.3 Å². The smallest absolute Gasteiger partial charge is 0.337 e. The minimum Gasteiger partial charge on any atom is -0.478 e. The molecule has 3 rings (SSSR count). The maximum absolute atomic E-state index is 11.5. The quantitative estimate of drug-likeness (QED) is 0.399. The maximum Gasteiger partial charge on any atom is 0.337 e. The molecule has 8 nitrogen and oxygen atoms in total. The van der Waals surface area contributed by atoms with E-state index < -0.39 is 11.8 Å². The summed E-state index contributed by atoms with van der Waals surface area (Å²) in [7, 11) is 3.26. The van der Waals surface area contributed by atoms with Crippen LogP contribution in [0.1, 0.15) is 67.1 Å². The van der Waals surface area contributed by atoms with Crippen LogP contribution >= 0.6 is 0 Å². The van der Waals surface area contributed by atoms with E-state index in [4.69, 9.17) is 19.6 Å². The molecule has 33 heavy (non-hydrogen) atoms. The van der Waals surface area contributed by atoms with Gasteiger partial charge in [-0.25, -0.2) is 14.5 Å². The fourth-order valence-electron chi connectivity index (χ4n) is 3.84. The highest BCUT2D eigenvalue weighted by molar-refractivity contribution is 5.95. The second-order valence-electron chi connectivity index (χ2n) is 7.95. The zero-order chi connectivity index (χ0) is 23.8. The second-order valence-corrected chi connectivity index (χ2v) is 7.95. The molecule has 0 amide bonds. The minimum absolute atomic E-state index is 0.180. The van der Waals surface area contributed by atoms with Crippen molar-refractivity contribution in [3.63, 3.8) is 0 Å². The molecule has 0 saturated heterocycles. The maximum atomic E-state index is 11.5. The number of hydrogen-bond acceptors (Lipinski definition) is 6. The first kappa shape index (κ1) is 24.5. The number of unbranched alkanes of at least 4 members (excludes halogenated alkanes) is 1. The van der Waals surface area contributed by atoms with E-state index in [1.807, 2.05) is 28.9 Å². The van der Waals surface area contributed by atoms with Gasteiger partial charge in [-0.15, -0.1) is 5.10 Å². The Morgan fingerprint density at radius 3 is 2.42 bits per heavy atom. The highest BCUT2D eigenvalue weighted by Gasteiger charge is 2.37. The number of aryl methyl sites for hydroxylation is 1. The Bertz CT molecular complexity index is 1060. The third-order valence-corrected chi connectivity index (χ3v) is 5.73. The van der Waals surface area contributed by atoms with Crippen molar-refractivity contribution in [1.29, 1.82) is 0 Å². The molecule has 0 saturated carbocycles. The highest BCUT2D eigenvalue weighted by atomic mass is 16.7. The molecular weight excluding hydrogens is 420 g/mol. The number of pyridine rings is 1. The van der Waals surface area contributed by atoms with Crippen LogP contribution in [0.3, 0.4) is 0 Å². The van der Waals surface area contributed by atoms with Gasteiger partial charge < -0.3 is 14.6 Å². The third-order valence-electron chi connectivity index (χ3n) is 5.73. The van der Waals surface area contributed by atoms with Crippen molar-refractivity contribution < 1.29 is 19.4 Å². The van der Waals surface area contributed by atoms with E-state index in [9.17, 15) is 9.90 Å². The second kappa shape index (κ2) is 11.2. The summed E-state index contributed by atoms with van der Waals surface area (Å²) >= 11 is 0. The van der Waals surface area contributed by atoms with Crippen molar-refractivity contribution in [3.05, 3.63) is 65.5 Å². The normalized spacial score (nSPS) is 11.6. The van der Waals surface area contributed by atoms with E-state index >= 15 is 0 Å². The summed E-state index contributed by atoms with van der Waals surface area (Å²) in [4.78, 5) is 20.2. The molecular formula is C25H32N4O4. The highest BCUT2D eigenvalue weighted by Crippen LogP contribution is 2.30. The van der Waals surface area contributed by atoms with E-state index in [1.165, 1.54) is 6.20 Å². The summed E-state index contributed by atoms with van der Waals surface area (Å²) in [6.45, 7) is 4.78. The molecule has 0 radical (unpaired) electrons. The van der Waals surface area contributed by atoms with E-state index in [0.717, 1.165) is 42.6 Å². The molecule has 0 aliphatic heterocycles. The topological polar surface area (TPSA) is 99.4 Å². The zero-order valence-corrected chi connectivity index (χ0v) is 19.7. The third kappa shape index (κ3) is 5.46. The molecule has 0 fully saturated rings. The van der Waals surface area contributed by atoms with Gasteiger partial charge in [-0.1, -0.05) is 44.5 Å². The van der Waals surface area contributed by atoms with E-state index in [2.05, 4.69) is 18.8 Å². The molecule has 3 aromatic rings. The van der Waals surface area contributed by atoms with Crippen LogP contribution in [0.4, 0.5) is 0 Å². The summed E-state index contributed by atoms with van der Waals surface area (Å²) in [5.41, 5.74) is 2.68. The summed E-state index contributed by atoms with van der Waals surface area (Å²) in [5, 5.41) is 14.2. The lowest BCUT2D eigenvalue weighted by molar-refractivity contribution is -0.226. The van der Waals surface area contributed by atoms with Crippen LogP contribution in [0.2, 0.25) is 0 Å². The molecule has 0 aliphatic carbocycles. The largest absolute Gasteiger partial charge is 0.478 e. The predicted octanol–water partition coefficient (Wildman–Crippen LogP) is 4.67. The number of benzene rings is 1. The average molecular weight is 453 g/mol. The zero-order valence-electron chi connectivity index (χ0n) is 19.7. The number of methoxy groups -OCH3 is 2. The number of carboxylic acid groups (broad SMARTS) is 1. The summed E-state index contributed by atoms with van der Waals surface area (Å²) in [5.74, 6) is -0.524. The Morgan fingerprint density at radius 1 is 1.09 bits per heavy atom. The van der Waals surface area contributed by atoms with E-state index in [1.54, 1.807) is 26.5 Å². The number of carboxylic acids is 1. The number of rotatable bonds is 12. The summed E-state index contributed by atoms with van der Waals surface area (Å²) < 4.78 is 13.4. The van der Waals surface area contributed by atoms with Crippen LogP contribution in [0.25, 0.3) is 11.1 Å². The monoisotopic (exact) mass is 452 g/mol. The number of aromatic carboxylic acids is 1. The van der Waals surface area contributed by atoms with Crippen LogP contribution in [0, 0.1) is 0 Å². The van der Waals surface area contributed by atoms with Crippen molar-refractivity contribution in [2.24, 2.45) is 0 Å². The first-order chi connectivity index (χ1) is 16.0. The van der Waals surface area contributed by atoms with Gasteiger partial charge in [0.05, 0.1) is 12.1 Å². The molecule has 0 spiro atoms. The Hall–Kier alpha value is -3.10. The first-order valence-electron chi connectivity index (χ1n) is 11.3. The van der Waals surface area contributed by atoms with Gasteiger partial charge in [0.2, 0.25) is 11.6 Å². The Morgan fingerprint density at radius 2 is 1.82 bits per heavy atom. The fraction of sp³-hybridized carbons (Fsp3) is 0.440. The van der Waals surface area contributed by atoms with E-state index in [-0.39, 0.29) is 5.56 Å². The first-order valence-corrected chi connectivity index (χ1v) is 11.3. The predicted molar refractivity (Wildman–Crippen MR) is 125 cm³/mol. The number of aromatic nitrogens is 4. The molecule has 176 valence electrons. The van der Waals surface area contributed by atoms with Gasteiger partial charge in [0.25, 0.3) is 0 Å². The molecule has 0 atom stereocenters. The average Bonchev–Trinajstić information content (AvgIpc) is 3.23. The van der Waals surface area contributed by atoms with E-state index in [0.29, 0.717) is 24.4 Å². The van der Waals surface area contributed by atoms with Gasteiger partial charge in [0.15, 0.2) is 0 Å². The lowest BCUT2D eigenvalue weighted by atomic mass is 10.0. The van der Waals surface area contributed by atoms with Gasteiger partial charge in [-0.05, 0) is 35.6 Å². The Kier molecular flexibility index (Phi) is 8.30. The summed E-state index contributed by atoms with van der Waals surface area (Å²) in [6.07, 6.45) is 7.34. The molecule has 8 heteroatoms. The van der Waals surface area contributed by atoms with Crippen LogP contribution in [0.5, 0.6) is 0 Å². The Balaban J connectivity index is 1.89. The van der Waals surface area contributed by atoms with Crippen LogP contribution in [-0.4, -0.2) is 45.0 Å². The van der Waals surface area contributed by atoms with Gasteiger partial charge >= 0.3 is 5.97 Å². The number of ether oxygens (including phenoxy) is 2. The lowest BCUT2D eigenvalue weighted by Crippen LogP contribution is -2.32. The molecule has 0 aliphatic rings. The van der Waals surface area contributed by atoms with Crippen LogP contribution in [0.15, 0.2) is 42.7 Å². The molecule has 2 heterocycles. The molecule has 1 aromatic carbocycles. The van der Waals surface area contributed by atoms with Gasteiger partial charge in [-0.3, -0.25) is 4.98 Å². The van der Waals surface area contributed by atoms with Crippen molar-refractivity contribution >= 4 is 5.97 Å². The molecule has 2 aromatic heterocycles. The van der Waals surface area contributed by atoms with Crippen LogP contribution < -0.4 is 0 Å². The molecule has 0 bridgehead atoms. The van der Waals surface area contributed by atoms with Crippen molar-refractivity contribution in [1.82, 2.24) is 19.7 Å². The van der Waals surface area contributed by atoms with Crippen molar-refractivity contribution in [2.75, 3.05) is 14.2 Å². The van der Waals surface area contributed by atoms with Gasteiger partial charge in [-0.2, -0.15) is 0 Å². The fourth-order valence-corrected chi connectivity index (χ4v) is 3.84. The SMILES string of the molecule is CCCCC(OC)(OC)c1nc(CCC)n(Cc2ccc(-c3ccncc3C(=O)O)cc2)n1. The standard InChI is InChI=1S/C25H32N4O4/c1-5-7-14-25(32-3,33-4)24-27-22(8-6-2)29(28-24)17-18-9-11-19(12-10-18)20-13-15-26-16-21(20)23(30)31/h9-13,15-16H,5-8,14,17H2,1-4H3,(H,30,31). The van der Waals surface area contributed by atoms with Crippen LogP contribution in [-0.2, 0) is 28.2 Å². The minimum atomic E-state index is -0.996. The summed E-state index contributed by atoms with van der Waals surface area (Å²) in [6, 6.07) is 9.52. The number of carbonyl (C=O) groups is 1. The number of hydrogen-bond donors (Lipinski definition) is 1. The van der Waals surface area contributed by atoms with Gasteiger partial charge in [0.1, 0.15) is 5.82 Å². The van der Waals surface area contributed by atoms with Crippen molar-refractivity contribution in [3.8, 4) is 11.1 Å². The molecule has 1 N–H and O–H groups in total. The van der Waals surface area contributed by atoms with Gasteiger partial charge in [0, 0.05) is 39.5 Å². The lowest BCUT2D eigenvalue weighted by Gasteiger charge is -2.27. The molecule has 0 unspecified atom stereocenters.